The normalized spacial score (nSPS) is 12.2. The maximum atomic E-state index is 11.7. The van der Waals surface area contributed by atoms with Gasteiger partial charge in [0.25, 0.3) is 11.6 Å². The van der Waals surface area contributed by atoms with Crippen LogP contribution in [0.2, 0.25) is 0 Å². The molecule has 7 heteroatoms. The Bertz CT molecular complexity index is 426. The summed E-state index contributed by atoms with van der Waals surface area (Å²) in [4.78, 5) is 22.6. The molecule has 1 amide bonds. The number of nitrogens with zero attached hydrogens (tertiary/aromatic N) is 1. The maximum absolute atomic E-state index is 11.7. The van der Waals surface area contributed by atoms with Crippen LogP contribution in [0.25, 0.3) is 0 Å². The van der Waals surface area contributed by atoms with Gasteiger partial charge in [0.15, 0.2) is 0 Å². The van der Waals surface area contributed by atoms with Crippen LogP contribution in [0.1, 0.15) is 27.9 Å². The predicted molar refractivity (Wildman–Crippen MR) is 64.3 cm³/mol. The monoisotopic (exact) mass is 258 g/mol. The van der Waals surface area contributed by atoms with Crippen molar-refractivity contribution in [3.63, 3.8) is 0 Å². The zero-order valence-corrected chi connectivity index (χ0v) is 10.4. The molecule has 0 aliphatic rings. The molecule has 0 bridgehead atoms. The van der Waals surface area contributed by atoms with Gasteiger partial charge >= 0.3 is 0 Å². The van der Waals surface area contributed by atoms with Gasteiger partial charge in [0.1, 0.15) is 0 Å². The van der Waals surface area contributed by atoms with Gasteiger partial charge in [0, 0.05) is 6.07 Å². The first kappa shape index (κ1) is 13.6. The maximum Gasteiger partial charge on any atom is 0.283 e. The minimum atomic E-state index is -0.508. The molecule has 0 aliphatic heterocycles. The van der Waals surface area contributed by atoms with Crippen LogP contribution in [0.3, 0.4) is 0 Å². The molecule has 0 saturated carbocycles. The number of carbonyl (C=O) groups excluding carboxylic acids is 1. The number of aliphatic hydroxyl groups excluding tert-OH is 1. The van der Waals surface area contributed by atoms with Crippen molar-refractivity contribution < 1.29 is 14.8 Å². The van der Waals surface area contributed by atoms with Crippen molar-refractivity contribution in [2.24, 2.45) is 0 Å². The fourth-order valence-electron chi connectivity index (χ4n) is 1.30. The highest BCUT2D eigenvalue weighted by molar-refractivity contribution is 7.14. The van der Waals surface area contributed by atoms with E-state index in [0.29, 0.717) is 16.2 Å². The Morgan fingerprint density at radius 3 is 2.76 bits per heavy atom. The first-order valence-electron chi connectivity index (χ1n) is 5.16. The molecule has 0 spiro atoms. The van der Waals surface area contributed by atoms with Gasteiger partial charge in [-0.1, -0.05) is 6.92 Å². The number of carbonyl (C=O) groups is 1. The summed E-state index contributed by atoms with van der Waals surface area (Å²) >= 11 is 1.08. The van der Waals surface area contributed by atoms with Crippen LogP contribution < -0.4 is 5.32 Å². The van der Waals surface area contributed by atoms with Crippen LogP contribution in [0, 0.1) is 17.0 Å². The molecular weight excluding hydrogens is 244 g/mol. The van der Waals surface area contributed by atoms with E-state index in [4.69, 9.17) is 5.11 Å². The van der Waals surface area contributed by atoms with Crippen LogP contribution in [-0.4, -0.2) is 28.6 Å². The van der Waals surface area contributed by atoms with Gasteiger partial charge < -0.3 is 10.4 Å². The number of aliphatic hydroxyl groups is 1. The lowest BCUT2D eigenvalue weighted by atomic mass is 10.2. The average molecular weight is 258 g/mol. The molecule has 1 aromatic rings. The molecule has 0 fully saturated rings. The first-order chi connectivity index (χ1) is 7.99. The Morgan fingerprint density at radius 2 is 2.35 bits per heavy atom. The molecule has 2 N–H and O–H groups in total. The van der Waals surface area contributed by atoms with Crippen molar-refractivity contribution in [1.29, 1.82) is 0 Å². The first-order valence-corrected chi connectivity index (χ1v) is 5.97. The number of aryl methyl sites for hydroxylation is 1. The molecule has 0 radical (unpaired) electrons. The fraction of sp³-hybridized carbons (Fsp3) is 0.500. The lowest BCUT2D eigenvalue weighted by Crippen LogP contribution is -2.36. The van der Waals surface area contributed by atoms with E-state index in [0.717, 1.165) is 11.3 Å². The zero-order valence-electron chi connectivity index (χ0n) is 9.60. The third kappa shape index (κ3) is 3.24. The second-order valence-corrected chi connectivity index (χ2v) is 4.83. The van der Waals surface area contributed by atoms with E-state index in [2.05, 4.69) is 5.32 Å². The molecule has 6 nitrogen and oxygen atoms in total. The Morgan fingerprint density at radius 1 is 1.71 bits per heavy atom. The molecule has 1 atom stereocenters. The largest absolute Gasteiger partial charge is 0.394 e. The van der Waals surface area contributed by atoms with Crippen LogP contribution in [0.15, 0.2) is 6.07 Å². The third-order valence-electron chi connectivity index (χ3n) is 2.36. The van der Waals surface area contributed by atoms with Crippen molar-refractivity contribution in [3.05, 3.63) is 25.9 Å². The highest BCUT2D eigenvalue weighted by Crippen LogP contribution is 2.27. The van der Waals surface area contributed by atoms with Gasteiger partial charge in [-0.15, -0.1) is 11.3 Å². The van der Waals surface area contributed by atoms with E-state index in [1.807, 2.05) is 6.92 Å². The molecule has 1 aromatic heterocycles. The zero-order chi connectivity index (χ0) is 13.0. The Labute approximate surface area is 102 Å². The van der Waals surface area contributed by atoms with E-state index in [1.54, 1.807) is 6.92 Å². The molecule has 0 aliphatic carbocycles. The molecule has 1 rings (SSSR count). The van der Waals surface area contributed by atoms with Gasteiger partial charge in [0.05, 0.1) is 27.3 Å². The number of rotatable bonds is 5. The van der Waals surface area contributed by atoms with Crippen molar-refractivity contribution in [3.8, 4) is 0 Å². The van der Waals surface area contributed by atoms with Gasteiger partial charge in [-0.05, 0) is 13.3 Å². The SMILES string of the molecule is CCC(CO)NC(=O)c1cc([N+](=O)[O-])c(C)s1. The van der Waals surface area contributed by atoms with E-state index in [9.17, 15) is 14.9 Å². The smallest absolute Gasteiger partial charge is 0.283 e. The summed E-state index contributed by atoms with van der Waals surface area (Å²) in [5, 5.41) is 22.2. The number of thiophene rings is 1. The summed E-state index contributed by atoms with van der Waals surface area (Å²) < 4.78 is 0. The minimum absolute atomic E-state index is 0.0443. The van der Waals surface area contributed by atoms with Crippen LogP contribution in [0.5, 0.6) is 0 Å². The summed E-state index contributed by atoms with van der Waals surface area (Å²) in [6.07, 6.45) is 0.606. The van der Waals surface area contributed by atoms with Gasteiger partial charge in [-0.25, -0.2) is 0 Å². The van der Waals surface area contributed by atoms with Crippen molar-refractivity contribution in [2.75, 3.05) is 6.61 Å². The van der Waals surface area contributed by atoms with Crippen molar-refractivity contribution >= 4 is 22.9 Å². The second-order valence-electron chi connectivity index (χ2n) is 3.57. The topological polar surface area (TPSA) is 92.5 Å². The van der Waals surface area contributed by atoms with E-state index in [1.165, 1.54) is 6.07 Å². The molecule has 0 aromatic carbocycles. The number of nitro groups is 1. The van der Waals surface area contributed by atoms with Crippen LogP contribution in [0.4, 0.5) is 5.69 Å². The second kappa shape index (κ2) is 5.74. The molecular formula is C10H14N2O4S. The summed E-state index contributed by atoms with van der Waals surface area (Å²) in [7, 11) is 0. The molecule has 0 saturated heterocycles. The minimum Gasteiger partial charge on any atom is -0.394 e. The number of hydrogen-bond acceptors (Lipinski definition) is 5. The van der Waals surface area contributed by atoms with Crippen molar-refractivity contribution in [1.82, 2.24) is 5.32 Å². The lowest BCUT2D eigenvalue weighted by molar-refractivity contribution is -0.385. The predicted octanol–water partition coefficient (Wildman–Crippen LogP) is 1.47. The van der Waals surface area contributed by atoms with E-state index >= 15 is 0 Å². The van der Waals surface area contributed by atoms with E-state index in [-0.39, 0.29) is 24.2 Å². The molecule has 17 heavy (non-hydrogen) atoms. The summed E-state index contributed by atoms with van der Waals surface area (Å²) in [6.45, 7) is 3.29. The van der Waals surface area contributed by atoms with Gasteiger partial charge in [-0.2, -0.15) is 0 Å². The number of nitrogens with one attached hydrogen (secondary N) is 1. The van der Waals surface area contributed by atoms with E-state index < -0.39 is 4.92 Å². The molecule has 94 valence electrons. The van der Waals surface area contributed by atoms with Gasteiger partial charge in [0.2, 0.25) is 0 Å². The molecule has 1 unspecified atom stereocenters. The fourth-order valence-corrected chi connectivity index (χ4v) is 2.19. The number of hydrogen-bond donors (Lipinski definition) is 2. The summed E-state index contributed by atoms with van der Waals surface area (Å²) in [6, 6.07) is 0.948. The summed E-state index contributed by atoms with van der Waals surface area (Å²) in [5.41, 5.74) is -0.0443. The van der Waals surface area contributed by atoms with Gasteiger partial charge in [-0.3, -0.25) is 14.9 Å². The Balaban J connectivity index is 2.83. The average Bonchev–Trinajstić information content (AvgIpc) is 2.68. The third-order valence-corrected chi connectivity index (χ3v) is 3.40. The van der Waals surface area contributed by atoms with Crippen LogP contribution >= 0.6 is 11.3 Å². The highest BCUT2D eigenvalue weighted by atomic mass is 32.1. The number of amides is 1. The Kier molecular flexibility index (Phi) is 4.59. The quantitative estimate of drug-likeness (QED) is 0.617. The highest BCUT2D eigenvalue weighted by Gasteiger charge is 2.20. The lowest BCUT2D eigenvalue weighted by Gasteiger charge is -2.12. The summed E-state index contributed by atoms with van der Waals surface area (Å²) in [5.74, 6) is -0.382. The standard InChI is InChI=1S/C10H14N2O4S/c1-3-7(5-13)11-10(14)9-4-8(12(15)16)6(2)17-9/h4,7,13H,3,5H2,1-2H3,(H,11,14). The van der Waals surface area contributed by atoms with Crippen LogP contribution in [-0.2, 0) is 0 Å². The van der Waals surface area contributed by atoms with Crippen molar-refractivity contribution in [2.45, 2.75) is 26.3 Å². The Hall–Kier alpha value is -1.47. The molecule has 1 heterocycles.